The van der Waals surface area contributed by atoms with Crippen LogP contribution in [0.3, 0.4) is 0 Å². The summed E-state index contributed by atoms with van der Waals surface area (Å²) in [7, 11) is 0.114. The average molecular weight is 175 g/mol. The monoisotopic (exact) mass is 175 g/mol. The highest BCUT2D eigenvalue weighted by molar-refractivity contribution is 6.48. The van der Waals surface area contributed by atoms with Gasteiger partial charge < -0.3 is 9.88 Å². The van der Waals surface area contributed by atoms with Gasteiger partial charge in [-0.05, 0) is 26.2 Å². The van der Waals surface area contributed by atoms with E-state index in [1.807, 2.05) is 6.82 Å². The van der Waals surface area contributed by atoms with E-state index in [4.69, 9.17) is 4.65 Å². The zero-order valence-electron chi connectivity index (χ0n) is 8.29. The molecule has 0 radical (unpaired) electrons. The molecular weight excluding hydrogens is 161 g/mol. The highest BCUT2D eigenvalue weighted by Gasteiger charge is 2.25. The van der Waals surface area contributed by atoms with Gasteiger partial charge in [0.15, 0.2) is 0 Å². The van der Waals surface area contributed by atoms with Gasteiger partial charge in [-0.3, -0.25) is 0 Å². The quantitative estimate of drug-likeness (QED) is 0.610. The third-order valence-electron chi connectivity index (χ3n) is 2.49. The minimum absolute atomic E-state index is 0.114. The van der Waals surface area contributed by atoms with Crippen LogP contribution in [0.15, 0.2) is 18.2 Å². The molecule has 0 bridgehead atoms. The number of hydrogen-bond donors (Lipinski definition) is 1. The SMILES string of the molecule is CB1NC(C)c2cccc(C)c2O1. The second kappa shape index (κ2) is 3.07. The van der Waals surface area contributed by atoms with Gasteiger partial charge in [-0.15, -0.1) is 0 Å². The largest absolute Gasteiger partial charge is 0.546 e. The fourth-order valence-corrected chi connectivity index (χ4v) is 1.83. The van der Waals surface area contributed by atoms with Crippen molar-refractivity contribution in [2.45, 2.75) is 26.7 Å². The molecule has 13 heavy (non-hydrogen) atoms. The summed E-state index contributed by atoms with van der Waals surface area (Å²) in [5, 5.41) is 3.34. The van der Waals surface area contributed by atoms with E-state index < -0.39 is 0 Å². The molecule has 0 fully saturated rings. The third kappa shape index (κ3) is 1.44. The lowest BCUT2D eigenvalue weighted by Crippen LogP contribution is -2.42. The Balaban J connectivity index is 2.49. The minimum atomic E-state index is 0.114. The smallest absolute Gasteiger partial charge is 0.443 e. The molecule has 0 aromatic heterocycles. The molecule has 1 heterocycles. The maximum absolute atomic E-state index is 5.72. The Kier molecular flexibility index (Phi) is 2.04. The van der Waals surface area contributed by atoms with Crippen molar-refractivity contribution >= 4 is 7.05 Å². The predicted molar refractivity (Wildman–Crippen MR) is 55.0 cm³/mol. The molecule has 0 saturated carbocycles. The first kappa shape index (κ1) is 8.63. The number of nitrogens with one attached hydrogen (secondary N) is 1. The number of para-hydroxylation sites is 1. The molecule has 3 heteroatoms. The van der Waals surface area contributed by atoms with Crippen molar-refractivity contribution in [1.82, 2.24) is 5.23 Å². The Labute approximate surface area is 79.4 Å². The summed E-state index contributed by atoms with van der Waals surface area (Å²) in [6.45, 7) is 6.28. The lowest BCUT2D eigenvalue weighted by molar-refractivity contribution is 0.483. The Morgan fingerprint density at radius 1 is 1.46 bits per heavy atom. The Morgan fingerprint density at radius 2 is 2.23 bits per heavy atom. The van der Waals surface area contributed by atoms with Crippen LogP contribution in [0.5, 0.6) is 5.75 Å². The van der Waals surface area contributed by atoms with Crippen LogP contribution in [-0.4, -0.2) is 7.05 Å². The summed E-state index contributed by atoms with van der Waals surface area (Å²) < 4.78 is 5.72. The fourth-order valence-electron chi connectivity index (χ4n) is 1.83. The summed E-state index contributed by atoms with van der Waals surface area (Å²) in [5.74, 6) is 1.06. The summed E-state index contributed by atoms with van der Waals surface area (Å²) in [6.07, 6.45) is 0. The van der Waals surface area contributed by atoms with Gasteiger partial charge >= 0.3 is 7.05 Å². The van der Waals surface area contributed by atoms with Gasteiger partial charge in [-0.25, -0.2) is 0 Å². The first-order valence-electron chi connectivity index (χ1n) is 4.70. The molecule has 68 valence electrons. The minimum Gasteiger partial charge on any atom is -0.546 e. The first-order valence-corrected chi connectivity index (χ1v) is 4.70. The maximum Gasteiger partial charge on any atom is 0.443 e. The number of hydrogen-bond acceptors (Lipinski definition) is 2. The normalized spacial score (nSPS) is 20.8. The molecule has 0 saturated heterocycles. The van der Waals surface area contributed by atoms with Gasteiger partial charge in [-0.2, -0.15) is 0 Å². The highest BCUT2D eigenvalue weighted by atomic mass is 16.4. The van der Waals surface area contributed by atoms with E-state index in [2.05, 4.69) is 37.3 Å². The Hall–Kier alpha value is -0.955. The summed E-state index contributed by atoms with van der Waals surface area (Å²) >= 11 is 0. The summed E-state index contributed by atoms with van der Waals surface area (Å²) in [5.41, 5.74) is 2.48. The van der Waals surface area contributed by atoms with E-state index in [9.17, 15) is 0 Å². The van der Waals surface area contributed by atoms with Crippen LogP contribution in [0.25, 0.3) is 0 Å². The standard InChI is InChI=1S/C10H14BNO/c1-7-5-4-6-9-8(2)12-11(3)13-10(7)9/h4-6,8,12H,1-3H3. The molecule has 0 aliphatic carbocycles. The molecule has 2 rings (SSSR count). The van der Waals surface area contributed by atoms with Crippen LogP contribution in [-0.2, 0) is 0 Å². The topological polar surface area (TPSA) is 21.3 Å². The zero-order valence-corrected chi connectivity index (χ0v) is 8.29. The van der Waals surface area contributed by atoms with Crippen molar-refractivity contribution in [3.63, 3.8) is 0 Å². The average Bonchev–Trinajstić information content (AvgIpc) is 2.07. The van der Waals surface area contributed by atoms with Crippen LogP contribution in [0.2, 0.25) is 6.82 Å². The van der Waals surface area contributed by atoms with E-state index in [1.165, 1.54) is 11.1 Å². The lowest BCUT2D eigenvalue weighted by Gasteiger charge is -2.29. The molecule has 1 aromatic carbocycles. The van der Waals surface area contributed by atoms with E-state index >= 15 is 0 Å². The van der Waals surface area contributed by atoms with Gasteiger partial charge in [0.1, 0.15) is 5.75 Å². The zero-order chi connectivity index (χ0) is 9.42. The lowest BCUT2D eigenvalue weighted by atomic mass is 9.82. The van der Waals surface area contributed by atoms with Crippen molar-refractivity contribution in [2.75, 3.05) is 0 Å². The molecule has 1 unspecified atom stereocenters. The number of aryl methyl sites for hydroxylation is 1. The first-order chi connectivity index (χ1) is 6.18. The predicted octanol–water partition coefficient (Wildman–Crippen LogP) is 2.16. The van der Waals surface area contributed by atoms with Crippen LogP contribution in [0, 0.1) is 6.92 Å². The molecular formula is C10H14BNO. The molecule has 1 aliphatic rings. The van der Waals surface area contributed by atoms with Crippen LogP contribution in [0.1, 0.15) is 24.1 Å². The van der Waals surface area contributed by atoms with Crippen molar-refractivity contribution in [3.05, 3.63) is 29.3 Å². The van der Waals surface area contributed by atoms with Crippen LogP contribution >= 0.6 is 0 Å². The van der Waals surface area contributed by atoms with Gasteiger partial charge in [0.2, 0.25) is 0 Å². The molecule has 1 atom stereocenters. The van der Waals surface area contributed by atoms with Gasteiger partial charge in [0.25, 0.3) is 0 Å². The molecule has 1 N–H and O–H groups in total. The van der Waals surface area contributed by atoms with E-state index in [0.717, 1.165) is 5.75 Å². The van der Waals surface area contributed by atoms with Crippen molar-refractivity contribution in [2.24, 2.45) is 0 Å². The van der Waals surface area contributed by atoms with E-state index in [1.54, 1.807) is 0 Å². The second-order valence-corrected chi connectivity index (χ2v) is 3.64. The van der Waals surface area contributed by atoms with Crippen LogP contribution in [0.4, 0.5) is 0 Å². The molecule has 1 aromatic rings. The fraction of sp³-hybridized carbons (Fsp3) is 0.400. The van der Waals surface area contributed by atoms with Gasteiger partial charge in [-0.1, -0.05) is 18.2 Å². The molecule has 0 spiro atoms. The molecule has 1 aliphatic heterocycles. The highest BCUT2D eigenvalue weighted by Crippen LogP contribution is 2.31. The summed E-state index contributed by atoms with van der Waals surface area (Å²) in [6, 6.07) is 6.67. The van der Waals surface area contributed by atoms with E-state index in [-0.39, 0.29) is 7.05 Å². The van der Waals surface area contributed by atoms with E-state index in [0.29, 0.717) is 6.04 Å². The maximum atomic E-state index is 5.72. The molecule has 2 nitrogen and oxygen atoms in total. The van der Waals surface area contributed by atoms with Crippen molar-refractivity contribution in [1.29, 1.82) is 0 Å². The third-order valence-corrected chi connectivity index (χ3v) is 2.49. The second-order valence-electron chi connectivity index (χ2n) is 3.64. The van der Waals surface area contributed by atoms with Gasteiger partial charge in [0, 0.05) is 11.6 Å². The Morgan fingerprint density at radius 3 is 3.00 bits per heavy atom. The molecule has 0 amide bonds. The Bertz CT molecular complexity index is 327. The number of rotatable bonds is 0. The van der Waals surface area contributed by atoms with Gasteiger partial charge in [0.05, 0.1) is 0 Å². The van der Waals surface area contributed by atoms with Crippen LogP contribution < -0.4 is 9.88 Å². The summed E-state index contributed by atoms with van der Waals surface area (Å²) in [4.78, 5) is 0. The number of benzene rings is 1. The van der Waals surface area contributed by atoms with Crippen molar-refractivity contribution < 1.29 is 4.65 Å². The van der Waals surface area contributed by atoms with Crippen molar-refractivity contribution in [3.8, 4) is 5.75 Å². The number of fused-ring (bicyclic) bond motifs is 1.